The number of nitrogens with zero attached hydrogens (tertiary/aromatic N) is 4. The number of hydrogen-bond donors (Lipinski definition) is 0. The second kappa shape index (κ2) is 5.05. The molecule has 2 aromatic rings. The highest BCUT2D eigenvalue weighted by molar-refractivity contribution is 7.13. The summed E-state index contributed by atoms with van der Waals surface area (Å²) < 4.78 is 0. The van der Waals surface area contributed by atoms with Crippen LogP contribution in [0.4, 0.5) is 10.8 Å². The minimum Gasteiger partial charge on any atom is -0.346 e. The maximum atomic E-state index is 12.5. The lowest BCUT2D eigenvalue weighted by Gasteiger charge is -2.24. The fraction of sp³-hybridized carbons (Fsp3) is 0.438. The molecule has 6 heteroatoms. The molecule has 0 aliphatic carbocycles. The smallest absolute Gasteiger partial charge is 0.227 e. The first-order valence-electron chi connectivity index (χ1n) is 7.53. The molecule has 3 heterocycles. The standard InChI is InChI=1S/C16H18N4OS/c1-12-3-2-4-13(7-12)20-10-16(8-14(20)21)5-6-19(9-16)15-18-17-11-22-15/h2-4,7,11H,5-6,8-10H2,1H3. The summed E-state index contributed by atoms with van der Waals surface area (Å²) in [4.78, 5) is 16.7. The van der Waals surface area contributed by atoms with Gasteiger partial charge in [-0.1, -0.05) is 23.5 Å². The van der Waals surface area contributed by atoms with E-state index in [0.29, 0.717) is 6.42 Å². The average Bonchev–Trinajstić information content (AvgIpc) is 3.20. The summed E-state index contributed by atoms with van der Waals surface area (Å²) in [6.07, 6.45) is 1.68. The van der Waals surface area contributed by atoms with Gasteiger partial charge in [-0.15, -0.1) is 10.2 Å². The largest absolute Gasteiger partial charge is 0.346 e. The molecule has 0 N–H and O–H groups in total. The van der Waals surface area contributed by atoms with Gasteiger partial charge in [0.1, 0.15) is 5.51 Å². The number of benzene rings is 1. The third kappa shape index (κ3) is 2.27. The Balaban J connectivity index is 1.55. The maximum Gasteiger partial charge on any atom is 0.227 e. The summed E-state index contributed by atoms with van der Waals surface area (Å²) in [7, 11) is 0. The first-order chi connectivity index (χ1) is 10.7. The SMILES string of the molecule is Cc1cccc(N2CC3(CCN(c4nncs4)C3)CC2=O)c1. The quantitative estimate of drug-likeness (QED) is 0.854. The van der Waals surface area contributed by atoms with Crippen LogP contribution in [0, 0.1) is 12.3 Å². The molecule has 4 rings (SSSR count). The number of aryl methyl sites for hydroxylation is 1. The minimum absolute atomic E-state index is 0.0620. The van der Waals surface area contributed by atoms with Crippen molar-refractivity contribution in [2.24, 2.45) is 5.41 Å². The zero-order valence-electron chi connectivity index (χ0n) is 12.5. The Kier molecular flexibility index (Phi) is 3.14. The molecule has 1 amide bonds. The summed E-state index contributed by atoms with van der Waals surface area (Å²) in [6.45, 7) is 4.73. The highest BCUT2D eigenvalue weighted by atomic mass is 32.1. The van der Waals surface area contributed by atoms with Crippen LogP contribution in [-0.4, -0.2) is 35.7 Å². The van der Waals surface area contributed by atoms with Crippen molar-refractivity contribution in [2.75, 3.05) is 29.4 Å². The molecule has 0 radical (unpaired) electrons. The molecule has 2 fully saturated rings. The van der Waals surface area contributed by atoms with Crippen molar-refractivity contribution in [1.82, 2.24) is 10.2 Å². The van der Waals surface area contributed by atoms with Crippen LogP contribution in [0.5, 0.6) is 0 Å². The first-order valence-corrected chi connectivity index (χ1v) is 8.41. The fourth-order valence-corrected chi connectivity index (χ4v) is 4.19. The number of anilines is 2. The molecule has 5 nitrogen and oxygen atoms in total. The Hall–Kier alpha value is -1.95. The highest BCUT2D eigenvalue weighted by Gasteiger charge is 2.48. The Morgan fingerprint density at radius 1 is 1.32 bits per heavy atom. The Labute approximate surface area is 133 Å². The molecule has 114 valence electrons. The van der Waals surface area contributed by atoms with Gasteiger partial charge in [0, 0.05) is 37.2 Å². The van der Waals surface area contributed by atoms with Gasteiger partial charge in [0.05, 0.1) is 0 Å². The summed E-state index contributed by atoms with van der Waals surface area (Å²) in [5, 5.41) is 9.05. The van der Waals surface area contributed by atoms with E-state index in [9.17, 15) is 4.79 Å². The minimum atomic E-state index is 0.0620. The normalized spacial score (nSPS) is 24.7. The Bertz CT molecular complexity index is 702. The van der Waals surface area contributed by atoms with E-state index in [-0.39, 0.29) is 11.3 Å². The lowest BCUT2D eigenvalue weighted by molar-refractivity contribution is -0.117. The predicted octanol–water partition coefficient (Wildman–Crippen LogP) is 2.48. The van der Waals surface area contributed by atoms with Crippen molar-refractivity contribution in [3.05, 3.63) is 35.3 Å². The Morgan fingerprint density at radius 3 is 3.00 bits per heavy atom. The zero-order valence-corrected chi connectivity index (χ0v) is 13.3. The number of carbonyl (C=O) groups excluding carboxylic acids is 1. The maximum absolute atomic E-state index is 12.5. The zero-order chi connectivity index (χ0) is 15.2. The third-order valence-corrected chi connectivity index (χ3v) is 5.44. The van der Waals surface area contributed by atoms with Crippen molar-refractivity contribution in [2.45, 2.75) is 19.8 Å². The molecule has 1 aromatic carbocycles. The van der Waals surface area contributed by atoms with Crippen molar-refractivity contribution in [3.8, 4) is 0 Å². The van der Waals surface area contributed by atoms with Gasteiger partial charge in [-0.3, -0.25) is 4.79 Å². The Morgan fingerprint density at radius 2 is 2.23 bits per heavy atom. The molecular weight excluding hydrogens is 296 g/mol. The van der Waals surface area contributed by atoms with E-state index in [1.54, 1.807) is 16.8 Å². The molecule has 0 bridgehead atoms. The average molecular weight is 314 g/mol. The molecule has 2 aliphatic heterocycles. The summed E-state index contributed by atoms with van der Waals surface area (Å²) >= 11 is 1.57. The van der Waals surface area contributed by atoms with Crippen LogP contribution in [0.1, 0.15) is 18.4 Å². The van der Waals surface area contributed by atoms with Gasteiger partial charge in [0.2, 0.25) is 11.0 Å². The first kappa shape index (κ1) is 13.7. The van der Waals surface area contributed by atoms with Gasteiger partial charge in [0.15, 0.2) is 0 Å². The molecule has 2 saturated heterocycles. The second-order valence-corrected chi connectivity index (χ2v) is 7.20. The van der Waals surface area contributed by atoms with Gasteiger partial charge in [0.25, 0.3) is 0 Å². The highest BCUT2D eigenvalue weighted by Crippen LogP contribution is 2.43. The van der Waals surface area contributed by atoms with E-state index in [2.05, 4.69) is 34.2 Å². The van der Waals surface area contributed by atoms with Crippen LogP contribution >= 0.6 is 11.3 Å². The van der Waals surface area contributed by atoms with Gasteiger partial charge in [-0.2, -0.15) is 0 Å². The summed E-state index contributed by atoms with van der Waals surface area (Å²) in [5.74, 6) is 0.240. The van der Waals surface area contributed by atoms with Crippen LogP contribution in [0.3, 0.4) is 0 Å². The molecule has 1 unspecified atom stereocenters. The van der Waals surface area contributed by atoms with E-state index in [0.717, 1.165) is 36.9 Å². The number of hydrogen-bond acceptors (Lipinski definition) is 5. The van der Waals surface area contributed by atoms with Crippen LogP contribution in [0.25, 0.3) is 0 Å². The van der Waals surface area contributed by atoms with Crippen molar-refractivity contribution in [1.29, 1.82) is 0 Å². The van der Waals surface area contributed by atoms with Gasteiger partial charge in [-0.05, 0) is 31.0 Å². The molecule has 22 heavy (non-hydrogen) atoms. The van der Waals surface area contributed by atoms with Gasteiger partial charge < -0.3 is 9.80 Å². The molecule has 0 saturated carbocycles. The number of rotatable bonds is 2. The van der Waals surface area contributed by atoms with E-state index >= 15 is 0 Å². The number of aromatic nitrogens is 2. The van der Waals surface area contributed by atoms with Crippen LogP contribution < -0.4 is 9.80 Å². The summed E-state index contributed by atoms with van der Waals surface area (Å²) in [6, 6.07) is 8.20. The molecular formula is C16H18N4OS. The van der Waals surface area contributed by atoms with Crippen molar-refractivity contribution in [3.63, 3.8) is 0 Å². The molecule has 1 atom stereocenters. The lowest BCUT2D eigenvalue weighted by atomic mass is 9.86. The number of amides is 1. The van der Waals surface area contributed by atoms with Crippen LogP contribution in [0.15, 0.2) is 29.8 Å². The molecule has 1 aromatic heterocycles. The van der Waals surface area contributed by atoms with Crippen molar-refractivity contribution >= 4 is 28.1 Å². The second-order valence-electron chi connectivity index (χ2n) is 6.39. The van der Waals surface area contributed by atoms with E-state index in [1.165, 1.54) is 5.56 Å². The monoisotopic (exact) mass is 314 g/mol. The van der Waals surface area contributed by atoms with Gasteiger partial charge in [-0.25, -0.2) is 0 Å². The molecule has 1 spiro atoms. The van der Waals surface area contributed by atoms with Crippen LogP contribution in [0.2, 0.25) is 0 Å². The molecule has 2 aliphatic rings. The fourth-order valence-electron chi connectivity index (χ4n) is 3.60. The topological polar surface area (TPSA) is 49.3 Å². The van der Waals surface area contributed by atoms with Crippen molar-refractivity contribution < 1.29 is 4.79 Å². The summed E-state index contributed by atoms with van der Waals surface area (Å²) in [5.41, 5.74) is 4.04. The van der Waals surface area contributed by atoms with E-state index < -0.39 is 0 Å². The van der Waals surface area contributed by atoms with E-state index in [4.69, 9.17) is 0 Å². The lowest BCUT2D eigenvalue weighted by Crippen LogP contribution is -2.31. The van der Waals surface area contributed by atoms with Gasteiger partial charge >= 0.3 is 0 Å². The number of carbonyl (C=O) groups is 1. The predicted molar refractivity (Wildman–Crippen MR) is 87.3 cm³/mol. The third-order valence-electron chi connectivity index (χ3n) is 4.69. The van der Waals surface area contributed by atoms with Crippen LogP contribution in [-0.2, 0) is 4.79 Å². The van der Waals surface area contributed by atoms with E-state index in [1.807, 2.05) is 17.0 Å².